The molecule has 0 radical (unpaired) electrons. The van der Waals surface area contributed by atoms with Crippen LogP contribution in [0.15, 0.2) is 36.4 Å². The van der Waals surface area contributed by atoms with Crippen molar-refractivity contribution in [2.75, 3.05) is 11.4 Å². The van der Waals surface area contributed by atoms with E-state index in [1.54, 1.807) is 0 Å². The van der Waals surface area contributed by atoms with Gasteiger partial charge in [-0.15, -0.1) is 0 Å². The van der Waals surface area contributed by atoms with Crippen LogP contribution in [0.1, 0.15) is 37.0 Å². The van der Waals surface area contributed by atoms with Crippen LogP contribution in [0.2, 0.25) is 0 Å². The van der Waals surface area contributed by atoms with E-state index in [0.29, 0.717) is 19.6 Å². The predicted molar refractivity (Wildman–Crippen MR) is 108 cm³/mol. The largest absolute Gasteiger partial charge is 0.489 e. The maximum atomic E-state index is 12.3. The van der Waals surface area contributed by atoms with Gasteiger partial charge >= 0.3 is 0 Å². The molecule has 0 fully saturated rings. The van der Waals surface area contributed by atoms with Crippen LogP contribution in [0.3, 0.4) is 0 Å². The van der Waals surface area contributed by atoms with Gasteiger partial charge in [0.2, 0.25) is 5.91 Å². The standard InChI is InChI=1S/C20H24INO2/c1-5-20(23)22(6-2)18-9-7-8-17(21)16(18)13-24-19-11-10-14(3)12-15(19)4/h7-12H,5-6,13H2,1-4H3. The monoisotopic (exact) mass is 437 g/mol. The summed E-state index contributed by atoms with van der Waals surface area (Å²) in [5, 5.41) is 0. The number of benzene rings is 2. The topological polar surface area (TPSA) is 29.5 Å². The molecule has 1 amide bonds. The van der Waals surface area contributed by atoms with Gasteiger partial charge in [0.25, 0.3) is 0 Å². The Bertz CT molecular complexity index is 728. The molecule has 0 unspecified atom stereocenters. The average molecular weight is 437 g/mol. The second-order valence-corrected chi connectivity index (χ2v) is 6.95. The van der Waals surface area contributed by atoms with Crippen molar-refractivity contribution in [3.63, 3.8) is 0 Å². The summed E-state index contributed by atoms with van der Waals surface area (Å²) in [7, 11) is 0. The van der Waals surface area contributed by atoms with Gasteiger partial charge in [-0.25, -0.2) is 0 Å². The lowest BCUT2D eigenvalue weighted by atomic mass is 10.1. The Morgan fingerprint density at radius 2 is 1.92 bits per heavy atom. The summed E-state index contributed by atoms with van der Waals surface area (Å²) >= 11 is 2.31. The van der Waals surface area contributed by atoms with Gasteiger partial charge < -0.3 is 9.64 Å². The molecule has 128 valence electrons. The molecule has 0 aliphatic rings. The summed E-state index contributed by atoms with van der Waals surface area (Å²) in [6, 6.07) is 12.2. The molecule has 0 saturated carbocycles. The molecule has 0 saturated heterocycles. The van der Waals surface area contributed by atoms with Crippen molar-refractivity contribution in [1.82, 2.24) is 0 Å². The number of halogens is 1. The van der Waals surface area contributed by atoms with Gasteiger partial charge in [-0.3, -0.25) is 4.79 Å². The maximum Gasteiger partial charge on any atom is 0.226 e. The van der Waals surface area contributed by atoms with Crippen LogP contribution in [-0.2, 0) is 11.4 Å². The Labute approximate surface area is 158 Å². The number of hydrogen-bond donors (Lipinski definition) is 0. The first-order valence-corrected chi connectivity index (χ1v) is 9.33. The lowest BCUT2D eigenvalue weighted by Crippen LogP contribution is -2.31. The predicted octanol–water partition coefficient (Wildman–Crippen LogP) is 5.25. The van der Waals surface area contributed by atoms with Gasteiger partial charge in [0.15, 0.2) is 0 Å². The van der Waals surface area contributed by atoms with Crippen molar-refractivity contribution in [2.45, 2.75) is 40.7 Å². The van der Waals surface area contributed by atoms with E-state index in [1.807, 2.05) is 36.9 Å². The summed E-state index contributed by atoms with van der Waals surface area (Å²) in [5.41, 5.74) is 4.35. The van der Waals surface area contributed by atoms with Gasteiger partial charge in [-0.1, -0.05) is 30.7 Å². The molecule has 0 bridgehead atoms. The van der Waals surface area contributed by atoms with Crippen LogP contribution in [0.5, 0.6) is 5.75 Å². The van der Waals surface area contributed by atoms with E-state index < -0.39 is 0 Å². The fraction of sp³-hybridized carbons (Fsp3) is 0.350. The quantitative estimate of drug-likeness (QED) is 0.578. The molecule has 24 heavy (non-hydrogen) atoms. The molecule has 0 spiro atoms. The van der Waals surface area contributed by atoms with Crippen molar-refractivity contribution in [2.24, 2.45) is 0 Å². The molecular formula is C20H24INO2. The van der Waals surface area contributed by atoms with E-state index in [0.717, 1.165) is 26.1 Å². The number of hydrogen-bond acceptors (Lipinski definition) is 2. The Balaban J connectivity index is 2.31. The van der Waals surface area contributed by atoms with E-state index in [9.17, 15) is 4.79 Å². The lowest BCUT2D eigenvalue weighted by molar-refractivity contribution is -0.118. The molecular weight excluding hydrogens is 413 g/mol. The molecule has 0 aliphatic heterocycles. The van der Waals surface area contributed by atoms with Crippen molar-refractivity contribution in [1.29, 1.82) is 0 Å². The second-order valence-electron chi connectivity index (χ2n) is 5.79. The van der Waals surface area contributed by atoms with Crippen molar-refractivity contribution in [3.8, 4) is 5.75 Å². The number of ether oxygens (including phenoxy) is 1. The summed E-state index contributed by atoms with van der Waals surface area (Å²) in [5.74, 6) is 1.02. The molecule has 4 heteroatoms. The van der Waals surface area contributed by atoms with E-state index >= 15 is 0 Å². The highest BCUT2D eigenvalue weighted by Gasteiger charge is 2.18. The smallest absolute Gasteiger partial charge is 0.226 e. The van der Waals surface area contributed by atoms with E-state index in [4.69, 9.17) is 4.74 Å². The van der Waals surface area contributed by atoms with Gasteiger partial charge in [0.05, 0.1) is 5.69 Å². The zero-order valence-corrected chi connectivity index (χ0v) is 16.9. The maximum absolute atomic E-state index is 12.3. The van der Waals surface area contributed by atoms with Gasteiger partial charge in [-0.2, -0.15) is 0 Å². The van der Waals surface area contributed by atoms with Crippen LogP contribution >= 0.6 is 22.6 Å². The van der Waals surface area contributed by atoms with Crippen LogP contribution < -0.4 is 9.64 Å². The minimum atomic E-state index is 0.132. The molecule has 0 N–H and O–H groups in total. The minimum Gasteiger partial charge on any atom is -0.489 e. The van der Waals surface area contributed by atoms with E-state index in [2.05, 4.69) is 54.6 Å². The number of aryl methyl sites for hydroxylation is 2. The highest BCUT2D eigenvalue weighted by molar-refractivity contribution is 14.1. The number of rotatable bonds is 6. The van der Waals surface area contributed by atoms with E-state index in [1.165, 1.54) is 5.56 Å². The summed E-state index contributed by atoms with van der Waals surface area (Å²) < 4.78 is 7.17. The van der Waals surface area contributed by atoms with E-state index in [-0.39, 0.29) is 5.91 Å². The van der Waals surface area contributed by atoms with Crippen LogP contribution in [0.25, 0.3) is 0 Å². The zero-order valence-electron chi connectivity index (χ0n) is 14.7. The molecule has 0 atom stereocenters. The summed E-state index contributed by atoms with van der Waals surface area (Å²) in [4.78, 5) is 14.1. The molecule has 2 rings (SSSR count). The minimum absolute atomic E-state index is 0.132. The number of carbonyl (C=O) groups excluding carboxylic acids is 1. The average Bonchev–Trinajstić information content (AvgIpc) is 2.56. The second kappa shape index (κ2) is 8.51. The first-order valence-electron chi connectivity index (χ1n) is 8.25. The molecule has 0 heterocycles. The normalized spacial score (nSPS) is 10.5. The van der Waals surface area contributed by atoms with Crippen molar-refractivity contribution >= 4 is 34.2 Å². The van der Waals surface area contributed by atoms with Crippen LogP contribution in [-0.4, -0.2) is 12.5 Å². The molecule has 0 aromatic heterocycles. The Kier molecular flexibility index (Phi) is 6.66. The fourth-order valence-electron chi connectivity index (χ4n) is 2.73. The first kappa shape index (κ1) is 18.8. The van der Waals surface area contributed by atoms with Gasteiger partial charge in [-0.05, 0) is 67.1 Å². The number of carbonyl (C=O) groups is 1. The Morgan fingerprint density at radius 3 is 2.54 bits per heavy atom. The van der Waals surface area contributed by atoms with Gasteiger partial charge in [0, 0.05) is 22.1 Å². The lowest BCUT2D eigenvalue weighted by Gasteiger charge is -2.24. The highest BCUT2D eigenvalue weighted by Crippen LogP contribution is 2.28. The molecule has 2 aromatic rings. The van der Waals surface area contributed by atoms with Crippen molar-refractivity contribution in [3.05, 3.63) is 56.7 Å². The zero-order chi connectivity index (χ0) is 17.7. The number of nitrogens with zero attached hydrogens (tertiary/aromatic N) is 1. The fourth-order valence-corrected chi connectivity index (χ4v) is 3.37. The summed E-state index contributed by atoms with van der Waals surface area (Å²) in [6.45, 7) is 9.13. The van der Waals surface area contributed by atoms with Crippen LogP contribution in [0.4, 0.5) is 5.69 Å². The number of amides is 1. The third-order valence-corrected chi connectivity index (χ3v) is 5.02. The highest BCUT2D eigenvalue weighted by atomic mass is 127. The third kappa shape index (κ3) is 4.29. The van der Waals surface area contributed by atoms with Crippen LogP contribution in [0, 0.1) is 17.4 Å². The molecule has 0 aliphatic carbocycles. The molecule has 2 aromatic carbocycles. The number of anilines is 1. The molecule has 3 nitrogen and oxygen atoms in total. The summed E-state index contributed by atoms with van der Waals surface area (Å²) in [6.07, 6.45) is 0.497. The Morgan fingerprint density at radius 1 is 1.17 bits per heavy atom. The first-order chi connectivity index (χ1) is 11.5. The van der Waals surface area contributed by atoms with Crippen molar-refractivity contribution < 1.29 is 9.53 Å². The SMILES string of the molecule is CCC(=O)N(CC)c1cccc(I)c1COc1ccc(C)cc1C. The third-order valence-electron chi connectivity index (χ3n) is 4.01. The van der Waals surface area contributed by atoms with Gasteiger partial charge in [0.1, 0.15) is 12.4 Å². The Hall–Kier alpha value is -1.56.